The number of benzene rings is 2. The van der Waals surface area contributed by atoms with Gasteiger partial charge in [-0.2, -0.15) is 0 Å². The number of carbonyl (C=O) groups is 2. The van der Waals surface area contributed by atoms with Gasteiger partial charge in [-0.3, -0.25) is 14.8 Å². The lowest BCUT2D eigenvalue weighted by molar-refractivity contribution is -0.130. The maximum atomic E-state index is 12.3. The molecule has 0 aromatic heterocycles. The molecule has 2 aromatic rings. The highest BCUT2D eigenvalue weighted by atomic mass is 16.5. The predicted octanol–water partition coefficient (Wildman–Crippen LogP) is 2.56. The van der Waals surface area contributed by atoms with Crippen molar-refractivity contribution in [1.29, 1.82) is 0 Å². The third-order valence-electron chi connectivity index (χ3n) is 6.73. The van der Waals surface area contributed by atoms with Crippen LogP contribution in [0.2, 0.25) is 0 Å². The topological polar surface area (TPSA) is 116 Å². The monoisotopic (exact) mass is 462 g/mol. The quantitative estimate of drug-likeness (QED) is 0.246. The van der Waals surface area contributed by atoms with Crippen LogP contribution in [0, 0.1) is 23.7 Å². The van der Waals surface area contributed by atoms with Crippen molar-refractivity contribution in [3.8, 4) is 11.8 Å². The standard InChI is InChI=1S/C26H30N4O3.CH4/c27-15-24(26(32)30-33)29-25(31)21-10-7-18(8-11-21)2-1-17-3-5-19(6-4-17)16-28-23-14-20-9-12-22(23)13-20;/h3-8,10-11,20,22-24,28,33H,9,12-16,27H2,(H,29,31)(H,30,32);1H4/t20-,22+,23+,24-;/m0./s1. The average Bonchev–Trinajstić information content (AvgIpc) is 3.48. The van der Waals surface area contributed by atoms with Gasteiger partial charge in [-0.1, -0.05) is 37.8 Å². The number of hydroxylamine groups is 1. The molecule has 6 N–H and O–H groups in total. The highest BCUT2D eigenvalue weighted by molar-refractivity contribution is 5.97. The van der Waals surface area contributed by atoms with Crippen molar-refractivity contribution in [3.05, 3.63) is 70.8 Å². The summed E-state index contributed by atoms with van der Waals surface area (Å²) in [5.41, 5.74) is 10.3. The van der Waals surface area contributed by atoms with Gasteiger partial charge in [0.25, 0.3) is 11.8 Å². The molecule has 2 aliphatic rings. The first-order chi connectivity index (χ1) is 16.1. The van der Waals surface area contributed by atoms with Crippen LogP contribution in [0.3, 0.4) is 0 Å². The molecule has 0 heterocycles. The summed E-state index contributed by atoms with van der Waals surface area (Å²) in [4.78, 5) is 23.7. The molecule has 2 fully saturated rings. The molecule has 0 unspecified atom stereocenters. The van der Waals surface area contributed by atoms with Gasteiger partial charge < -0.3 is 16.4 Å². The fourth-order valence-electron chi connectivity index (χ4n) is 4.85. The fourth-order valence-corrected chi connectivity index (χ4v) is 4.85. The van der Waals surface area contributed by atoms with Gasteiger partial charge in [0.15, 0.2) is 0 Å². The van der Waals surface area contributed by atoms with Crippen molar-refractivity contribution in [1.82, 2.24) is 16.1 Å². The summed E-state index contributed by atoms with van der Waals surface area (Å²) in [6, 6.07) is 14.7. The van der Waals surface area contributed by atoms with Crippen LogP contribution in [-0.2, 0) is 11.3 Å². The normalized spacial score (nSPS) is 21.1. The third-order valence-corrected chi connectivity index (χ3v) is 6.73. The van der Waals surface area contributed by atoms with E-state index in [1.807, 2.05) is 12.1 Å². The fraction of sp³-hybridized carbons (Fsp3) is 0.407. The Labute approximate surface area is 201 Å². The van der Waals surface area contributed by atoms with Crippen LogP contribution in [0.25, 0.3) is 0 Å². The molecule has 2 aliphatic carbocycles. The number of amides is 2. The molecule has 180 valence electrons. The Morgan fingerprint density at radius 2 is 1.65 bits per heavy atom. The lowest BCUT2D eigenvalue weighted by Crippen LogP contribution is -2.50. The number of hydrogen-bond acceptors (Lipinski definition) is 5. The van der Waals surface area contributed by atoms with Gasteiger partial charge in [-0.25, -0.2) is 5.48 Å². The van der Waals surface area contributed by atoms with Crippen LogP contribution in [-0.4, -0.2) is 35.7 Å². The molecule has 7 heteroatoms. The van der Waals surface area contributed by atoms with Crippen molar-refractivity contribution >= 4 is 11.8 Å². The molecular formula is C27H34N4O3. The van der Waals surface area contributed by atoms with E-state index in [2.05, 4.69) is 34.6 Å². The number of fused-ring (bicyclic) bond motifs is 2. The van der Waals surface area contributed by atoms with E-state index < -0.39 is 17.9 Å². The summed E-state index contributed by atoms with van der Waals surface area (Å²) < 4.78 is 0. The second kappa shape index (κ2) is 11.8. The van der Waals surface area contributed by atoms with Crippen LogP contribution >= 0.6 is 0 Å². The zero-order valence-electron chi connectivity index (χ0n) is 18.5. The Bertz CT molecular complexity index is 1040. The number of nitrogens with two attached hydrogens (primary N) is 1. The van der Waals surface area contributed by atoms with Gasteiger partial charge in [0.05, 0.1) is 0 Å². The number of nitrogens with one attached hydrogen (secondary N) is 3. The maximum Gasteiger partial charge on any atom is 0.267 e. The lowest BCUT2D eigenvalue weighted by Gasteiger charge is -2.23. The van der Waals surface area contributed by atoms with Crippen molar-refractivity contribution in [2.75, 3.05) is 6.54 Å². The zero-order valence-corrected chi connectivity index (χ0v) is 18.5. The maximum absolute atomic E-state index is 12.3. The smallest absolute Gasteiger partial charge is 0.267 e. The molecule has 4 atom stereocenters. The van der Waals surface area contributed by atoms with Gasteiger partial charge in [-0.15, -0.1) is 0 Å². The minimum absolute atomic E-state index is 0. The number of rotatable bonds is 7. The summed E-state index contributed by atoms with van der Waals surface area (Å²) in [6.45, 7) is 0.772. The average molecular weight is 463 g/mol. The van der Waals surface area contributed by atoms with E-state index in [1.165, 1.54) is 36.7 Å². The molecule has 2 bridgehead atoms. The van der Waals surface area contributed by atoms with E-state index in [0.29, 0.717) is 11.6 Å². The van der Waals surface area contributed by atoms with E-state index >= 15 is 0 Å². The zero-order chi connectivity index (χ0) is 23.2. The molecular weight excluding hydrogens is 428 g/mol. The molecule has 0 saturated heterocycles. The van der Waals surface area contributed by atoms with E-state index in [9.17, 15) is 9.59 Å². The summed E-state index contributed by atoms with van der Waals surface area (Å²) in [7, 11) is 0. The van der Waals surface area contributed by atoms with Gasteiger partial charge in [0.2, 0.25) is 0 Å². The highest BCUT2D eigenvalue weighted by Crippen LogP contribution is 2.44. The second-order valence-electron chi connectivity index (χ2n) is 8.92. The Morgan fingerprint density at radius 1 is 1.00 bits per heavy atom. The number of carbonyl (C=O) groups excluding carboxylic acids is 2. The largest absolute Gasteiger partial charge is 0.339 e. The minimum Gasteiger partial charge on any atom is -0.339 e. The molecule has 0 aliphatic heterocycles. The van der Waals surface area contributed by atoms with Crippen LogP contribution in [0.5, 0.6) is 0 Å². The molecule has 0 spiro atoms. The van der Waals surface area contributed by atoms with Gasteiger partial charge in [0, 0.05) is 35.8 Å². The van der Waals surface area contributed by atoms with E-state index in [-0.39, 0.29) is 14.0 Å². The highest BCUT2D eigenvalue weighted by Gasteiger charge is 2.38. The first-order valence-electron chi connectivity index (χ1n) is 11.4. The number of hydrogen-bond donors (Lipinski definition) is 5. The van der Waals surface area contributed by atoms with E-state index in [0.717, 1.165) is 29.5 Å². The minimum atomic E-state index is -1.01. The predicted molar refractivity (Wildman–Crippen MR) is 132 cm³/mol. The third kappa shape index (κ3) is 6.23. The summed E-state index contributed by atoms with van der Waals surface area (Å²) in [5.74, 6) is 6.86. The molecule has 0 radical (unpaired) electrons. The summed E-state index contributed by atoms with van der Waals surface area (Å²) in [5, 5.41) is 14.9. The van der Waals surface area contributed by atoms with Crippen molar-refractivity contribution in [3.63, 3.8) is 0 Å². The van der Waals surface area contributed by atoms with Crippen LogP contribution < -0.4 is 21.8 Å². The SMILES string of the molecule is C.NC[C@H](NC(=O)c1ccc(C#Cc2ccc(CN[C@@H]3C[C@H]4CC[C@@H]3C4)cc2)cc1)C(=O)NO. The summed E-state index contributed by atoms with van der Waals surface area (Å²) in [6.07, 6.45) is 5.55. The molecule has 2 saturated carbocycles. The van der Waals surface area contributed by atoms with Gasteiger partial charge >= 0.3 is 0 Å². The van der Waals surface area contributed by atoms with E-state index in [1.54, 1.807) is 24.3 Å². The Balaban J connectivity index is 0.00000324. The summed E-state index contributed by atoms with van der Waals surface area (Å²) >= 11 is 0. The molecule has 2 amide bonds. The molecule has 2 aromatic carbocycles. The van der Waals surface area contributed by atoms with Gasteiger partial charge in [-0.05, 0) is 73.1 Å². The first-order valence-corrected chi connectivity index (χ1v) is 11.4. The van der Waals surface area contributed by atoms with E-state index in [4.69, 9.17) is 10.9 Å². The van der Waals surface area contributed by atoms with Crippen molar-refractivity contribution < 1.29 is 14.8 Å². The van der Waals surface area contributed by atoms with Crippen LogP contribution in [0.1, 0.15) is 60.2 Å². The van der Waals surface area contributed by atoms with Crippen LogP contribution in [0.4, 0.5) is 0 Å². The molecule has 34 heavy (non-hydrogen) atoms. The molecule has 7 nitrogen and oxygen atoms in total. The van der Waals surface area contributed by atoms with Gasteiger partial charge in [0.1, 0.15) is 6.04 Å². The Hall–Kier alpha value is -3.18. The Kier molecular flexibility index (Phi) is 8.83. The van der Waals surface area contributed by atoms with Crippen LogP contribution in [0.15, 0.2) is 48.5 Å². The lowest BCUT2D eigenvalue weighted by atomic mass is 9.95. The Morgan fingerprint density at radius 3 is 2.18 bits per heavy atom. The first kappa shape index (κ1) is 25.4. The van der Waals surface area contributed by atoms with Crippen molar-refractivity contribution in [2.24, 2.45) is 17.6 Å². The second-order valence-corrected chi connectivity index (χ2v) is 8.92. The molecule has 4 rings (SSSR count). The van der Waals surface area contributed by atoms with Crippen molar-refractivity contribution in [2.45, 2.75) is 51.7 Å².